The number of halogens is 2. The first-order chi connectivity index (χ1) is 4.54. The van der Waals surface area contributed by atoms with Crippen molar-refractivity contribution >= 4 is 33.9 Å². The number of carbonyl (C=O) groups is 1. The van der Waals surface area contributed by atoms with Crippen molar-refractivity contribution < 1.29 is 12.9 Å². The molecule has 1 aliphatic rings. The van der Waals surface area contributed by atoms with Crippen LogP contribution in [0.2, 0.25) is 0 Å². The van der Waals surface area contributed by atoms with Crippen LogP contribution >= 0.6 is 27.9 Å². The predicted molar refractivity (Wildman–Crippen MR) is 40.6 cm³/mol. The maximum absolute atomic E-state index is 10.5. The summed E-state index contributed by atoms with van der Waals surface area (Å²) in [6, 6.07) is -0.485. The van der Waals surface area contributed by atoms with Gasteiger partial charge in [-0.1, -0.05) is 0 Å². The molecule has 58 valence electrons. The van der Waals surface area contributed by atoms with E-state index in [-0.39, 0.29) is 3.03 Å². The van der Waals surface area contributed by atoms with Crippen molar-refractivity contribution in [2.24, 2.45) is 0 Å². The van der Waals surface area contributed by atoms with Crippen molar-refractivity contribution in [3.8, 4) is 0 Å². The first kappa shape index (κ1) is 8.30. The van der Waals surface area contributed by atoms with Crippen LogP contribution < -0.4 is 0 Å². The van der Waals surface area contributed by atoms with Crippen molar-refractivity contribution in [3.63, 3.8) is 0 Å². The van der Waals surface area contributed by atoms with Crippen LogP contribution in [0.25, 0.3) is 0 Å². The van der Waals surface area contributed by atoms with Crippen molar-refractivity contribution in [3.05, 3.63) is 0 Å². The quantitative estimate of drug-likeness (QED) is 0.692. The lowest BCUT2D eigenvalue weighted by atomic mass is 10.2. The summed E-state index contributed by atoms with van der Waals surface area (Å²) in [5.41, 5.74) is 0. The highest BCUT2D eigenvalue weighted by Gasteiger charge is 2.45. The molecule has 1 unspecified atom stereocenters. The molecule has 0 bridgehead atoms. The van der Waals surface area contributed by atoms with E-state index in [9.17, 15) is 4.79 Å². The summed E-state index contributed by atoms with van der Waals surface area (Å²) < 4.78 is -0.0671. The maximum Gasteiger partial charge on any atom is 0.365 e. The summed E-state index contributed by atoms with van der Waals surface area (Å²) in [6.07, 6.45) is 1.52. The Morgan fingerprint density at radius 2 is 2.40 bits per heavy atom. The smallest absolute Gasteiger partial charge is 0.365 e. The fraction of sp³-hybridized carbons (Fsp3) is 0.800. The van der Waals surface area contributed by atoms with Crippen LogP contribution in [-0.2, 0) is 4.79 Å². The van der Waals surface area contributed by atoms with Crippen molar-refractivity contribution in [1.29, 1.82) is 0 Å². The minimum atomic E-state index is -0.829. The molecule has 1 fully saturated rings. The molecule has 0 aromatic rings. The molecular formula is C5H8BrClNO2+. The highest BCUT2D eigenvalue weighted by atomic mass is 79.9. The Kier molecular flexibility index (Phi) is 2.22. The summed E-state index contributed by atoms with van der Waals surface area (Å²) in [6.45, 7) is 0.679. The van der Waals surface area contributed by atoms with E-state index in [4.69, 9.17) is 16.9 Å². The first-order valence-corrected chi connectivity index (χ1v) is 4.08. The van der Waals surface area contributed by atoms with Gasteiger partial charge >= 0.3 is 5.97 Å². The summed E-state index contributed by atoms with van der Waals surface area (Å²) in [5.74, 6) is -0.829. The molecule has 0 aromatic heterocycles. The van der Waals surface area contributed by atoms with Gasteiger partial charge in [0.15, 0.2) is 11.8 Å². The van der Waals surface area contributed by atoms with Gasteiger partial charge < -0.3 is 5.11 Å². The van der Waals surface area contributed by atoms with Crippen molar-refractivity contribution in [1.82, 2.24) is 0 Å². The molecule has 1 aliphatic heterocycles. The van der Waals surface area contributed by atoms with Crippen molar-refractivity contribution in [2.45, 2.75) is 18.9 Å². The topological polar surface area (TPSA) is 37.3 Å². The Labute approximate surface area is 72.6 Å². The van der Waals surface area contributed by atoms with Gasteiger partial charge in [0.05, 0.1) is 0 Å². The van der Waals surface area contributed by atoms with Crippen LogP contribution in [0.15, 0.2) is 0 Å². The van der Waals surface area contributed by atoms with Gasteiger partial charge in [-0.05, 0) is 0 Å². The van der Waals surface area contributed by atoms with Gasteiger partial charge in [0, 0.05) is 12.8 Å². The number of hydrogen-bond donors (Lipinski definition) is 1. The maximum atomic E-state index is 10.5. The summed E-state index contributed by atoms with van der Waals surface area (Å²) in [5, 5.41) is 8.62. The molecule has 1 N–H and O–H groups in total. The zero-order chi connectivity index (χ0) is 7.78. The summed E-state index contributed by atoms with van der Waals surface area (Å²) in [4.78, 5) is 10.5. The zero-order valence-electron chi connectivity index (χ0n) is 5.26. The molecule has 1 heterocycles. The Bertz CT molecular complexity index is 162. The Morgan fingerprint density at radius 1 is 1.80 bits per heavy atom. The summed E-state index contributed by atoms with van der Waals surface area (Å²) >= 11 is 8.93. The standard InChI is InChI=1S/C5H7BrClNO2/c6-8(7)3-1-2-4(8)5(9)10/h4H,1-3H2/p+1/t4-,8?/m0/s1. The second-order valence-corrected chi connectivity index (χ2v) is 4.68. The molecule has 1 saturated heterocycles. The molecule has 0 saturated carbocycles. The molecule has 2 atom stereocenters. The van der Waals surface area contributed by atoms with E-state index in [1.54, 1.807) is 0 Å². The summed E-state index contributed by atoms with van der Waals surface area (Å²) in [7, 11) is 0. The number of nitrogens with zero attached hydrogens (tertiary/aromatic N) is 1. The molecule has 0 spiro atoms. The molecule has 0 amide bonds. The van der Waals surface area contributed by atoms with Gasteiger partial charge in [-0.25, -0.2) is 4.79 Å². The van der Waals surface area contributed by atoms with Crippen LogP contribution in [0.3, 0.4) is 0 Å². The minimum absolute atomic E-state index is 0.0671. The second-order valence-electron chi connectivity index (χ2n) is 2.40. The van der Waals surface area contributed by atoms with E-state index in [0.29, 0.717) is 13.0 Å². The Balaban J connectivity index is 2.68. The molecule has 0 aliphatic carbocycles. The molecule has 3 nitrogen and oxygen atoms in total. The molecule has 1 rings (SSSR count). The largest absolute Gasteiger partial charge is 0.477 e. The van der Waals surface area contributed by atoms with Gasteiger partial charge in [-0.3, -0.25) is 0 Å². The van der Waals surface area contributed by atoms with E-state index in [0.717, 1.165) is 6.42 Å². The number of quaternary nitrogens is 1. The highest BCUT2D eigenvalue weighted by molar-refractivity contribution is 9.05. The van der Waals surface area contributed by atoms with Gasteiger partial charge in [0.2, 0.25) is 22.2 Å². The fourth-order valence-corrected chi connectivity index (χ4v) is 2.06. The monoisotopic (exact) mass is 228 g/mol. The highest BCUT2D eigenvalue weighted by Crippen LogP contribution is 2.34. The number of aliphatic carboxylic acids is 1. The molecule has 10 heavy (non-hydrogen) atoms. The first-order valence-electron chi connectivity index (χ1n) is 3.04. The lowest BCUT2D eigenvalue weighted by Gasteiger charge is -2.17. The van der Waals surface area contributed by atoms with Gasteiger partial charge in [0.25, 0.3) is 0 Å². The average Bonchev–Trinajstić information content (AvgIpc) is 2.08. The molecular weight excluding hydrogens is 221 g/mol. The van der Waals surface area contributed by atoms with Crippen LogP contribution in [0, 0.1) is 0 Å². The zero-order valence-corrected chi connectivity index (χ0v) is 7.60. The fourth-order valence-electron chi connectivity index (χ4n) is 1.13. The van der Waals surface area contributed by atoms with Crippen LogP contribution in [0.5, 0.6) is 0 Å². The van der Waals surface area contributed by atoms with E-state index in [1.807, 2.05) is 0 Å². The normalized spacial score (nSPS) is 40.0. The average molecular weight is 229 g/mol. The molecule has 0 radical (unpaired) electrons. The lowest BCUT2D eigenvalue weighted by molar-refractivity contribution is -0.656. The van der Waals surface area contributed by atoms with Crippen LogP contribution in [-0.4, -0.2) is 26.7 Å². The van der Waals surface area contributed by atoms with E-state index >= 15 is 0 Å². The predicted octanol–water partition coefficient (Wildman–Crippen LogP) is 1.51. The van der Waals surface area contributed by atoms with E-state index < -0.39 is 12.0 Å². The van der Waals surface area contributed by atoms with E-state index in [1.165, 1.54) is 0 Å². The third kappa shape index (κ3) is 1.44. The molecule has 5 heteroatoms. The Morgan fingerprint density at radius 3 is 2.60 bits per heavy atom. The minimum Gasteiger partial charge on any atom is -0.477 e. The number of rotatable bonds is 1. The number of carboxylic acids is 1. The Hall–Kier alpha value is 0.200. The second kappa shape index (κ2) is 2.68. The molecule has 0 aromatic carbocycles. The van der Waals surface area contributed by atoms with E-state index in [2.05, 4.69) is 16.1 Å². The third-order valence-electron chi connectivity index (χ3n) is 1.67. The lowest BCUT2D eigenvalue weighted by Crippen LogP contribution is -2.38. The van der Waals surface area contributed by atoms with Gasteiger partial charge in [-0.2, -0.15) is 0 Å². The number of carboxylic acid groups (broad SMARTS) is 1. The van der Waals surface area contributed by atoms with Gasteiger partial charge in [0.1, 0.15) is 6.54 Å². The SMILES string of the molecule is O=C(O)[C@@H]1CCC[N+]1(Cl)Br. The number of hydrogen-bond acceptors (Lipinski definition) is 1. The van der Waals surface area contributed by atoms with Crippen molar-refractivity contribution in [2.75, 3.05) is 6.54 Å². The van der Waals surface area contributed by atoms with Crippen LogP contribution in [0.4, 0.5) is 0 Å². The van der Waals surface area contributed by atoms with Crippen LogP contribution in [0.1, 0.15) is 12.8 Å². The van der Waals surface area contributed by atoms with Gasteiger partial charge in [-0.15, -0.1) is 3.03 Å². The third-order valence-corrected chi connectivity index (χ3v) is 2.93.